The van der Waals surface area contributed by atoms with Crippen LogP contribution in [0.15, 0.2) is 29.6 Å². The lowest BCUT2D eigenvalue weighted by molar-refractivity contribution is -0.303. The SMILES string of the molecule is COc1cc(CSc2nc3cc4c(cc3[nH]2)OC(F)(F)C(F)(Cl)O4)ncc1C. The summed E-state index contributed by atoms with van der Waals surface area (Å²) in [6, 6.07) is 4.37. The largest absolute Gasteiger partial charge is 0.496 e. The van der Waals surface area contributed by atoms with Gasteiger partial charge in [0.25, 0.3) is 0 Å². The number of hydrogen-bond donors (Lipinski definition) is 1. The third-order valence-electron chi connectivity index (χ3n) is 4.03. The standard InChI is InChI=1S/C17H13ClF3N3O3S/c1-8-6-22-9(3-12(8)25-2)7-28-15-23-10-4-13-14(5-11(10)24-15)27-17(20,21)16(18,19)26-13/h3-6H,7H2,1-2H3,(H,23,24). The normalized spacial score (nSPS) is 20.4. The summed E-state index contributed by atoms with van der Waals surface area (Å²) in [4.78, 5) is 11.7. The summed E-state index contributed by atoms with van der Waals surface area (Å²) in [5.41, 5.74) is 2.52. The monoisotopic (exact) mass is 431 g/mol. The van der Waals surface area contributed by atoms with Gasteiger partial charge in [0, 0.05) is 35.7 Å². The maximum absolute atomic E-state index is 13.8. The second-order valence-electron chi connectivity index (χ2n) is 6.03. The van der Waals surface area contributed by atoms with E-state index in [-0.39, 0.29) is 11.5 Å². The van der Waals surface area contributed by atoms with Crippen molar-refractivity contribution in [2.45, 2.75) is 29.3 Å². The summed E-state index contributed by atoms with van der Waals surface area (Å²) in [6.07, 6.45) is -2.62. The van der Waals surface area contributed by atoms with Crippen molar-refractivity contribution in [3.05, 3.63) is 35.7 Å². The van der Waals surface area contributed by atoms with Crippen molar-refractivity contribution in [3.63, 3.8) is 0 Å². The van der Waals surface area contributed by atoms with E-state index in [1.54, 1.807) is 13.3 Å². The molecule has 0 saturated carbocycles. The highest BCUT2D eigenvalue weighted by molar-refractivity contribution is 7.98. The van der Waals surface area contributed by atoms with Gasteiger partial charge < -0.3 is 19.2 Å². The average Bonchev–Trinajstić information content (AvgIpc) is 3.01. The molecular formula is C17H13ClF3N3O3S. The smallest absolute Gasteiger partial charge is 0.488 e. The van der Waals surface area contributed by atoms with Crippen molar-refractivity contribution in [3.8, 4) is 17.2 Å². The minimum absolute atomic E-state index is 0.260. The van der Waals surface area contributed by atoms with Crippen LogP contribution in [0.25, 0.3) is 11.0 Å². The minimum atomic E-state index is -4.33. The van der Waals surface area contributed by atoms with E-state index < -0.39 is 11.4 Å². The Morgan fingerprint density at radius 2 is 1.96 bits per heavy atom. The number of nitrogens with zero attached hydrogens (tertiary/aromatic N) is 2. The van der Waals surface area contributed by atoms with Crippen molar-refractivity contribution < 1.29 is 27.4 Å². The molecule has 1 unspecified atom stereocenters. The zero-order chi connectivity index (χ0) is 20.1. The summed E-state index contributed by atoms with van der Waals surface area (Å²) in [5, 5.41) is -3.28. The van der Waals surface area contributed by atoms with Gasteiger partial charge in [0.2, 0.25) is 0 Å². The summed E-state index contributed by atoms with van der Waals surface area (Å²) >= 11 is 6.44. The molecule has 3 heterocycles. The summed E-state index contributed by atoms with van der Waals surface area (Å²) < 4.78 is 55.1. The minimum Gasteiger partial charge on any atom is -0.496 e. The number of ether oxygens (including phenoxy) is 3. The number of alkyl halides is 4. The van der Waals surface area contributed by atoms with E-state index in [0.29, 0.717) is 21.9 Å². The molecule has 148 valence electrons. The highest BCUT2D eigenvalue weighted by Gasteiger charge is 2.63. The predicted octanol–water partition coefficient (Wildman–Crippen LogP) is 4.79. The number of fused-ring (bicyclic) bond motifs is 2. The van der Waals surface area contributed by atoms with Crippen LogP contribution in [0.2, 0.25) is 0 Å². The molecule has 11 heteroatoms. The molecule has 1 aliphatic rings. The number of imidazole rings is 1. The number of benzene rings is 1. The molecule has 1 aromatic carbocycles. The number of thioether (sulfide) groups is 1. The fourth-order valence-electron chi connectivity index (χ4n) is 2.60. The van der Waals surface area contributed by atoms with Gasteiger partial charge in [0.1, 0.15) is 5.75 Å². The molecule has 2 aromatic heterocycles. The van der Waals surface area contributed by atoms with E-state index in [0.717, 1.165) is 17.0 Å². The number of rotatable bonds is 4. The second kappa shape index (κ2) is 6.63. The van der Waals surface area contributed by atoms with E-state index in [9.17, 15) is 13.2 Å². The van der Waals surface area contributed by atoms with Crippen LogP contribution in [0.5, 0.6) is 17.2 Å². The van der Waals surface area contributed by atoms with Crippen molar-refractivity contribution in [1.29, 1.82) is 0 Å². The lowest BCUT2D eigenvalue weighted by Gasteiger charge is -2.33. The van der Waals surface area contributed by atoms with Gasteiger partial charge in [-0.15, -0.1) is 0 Å². The van der Waals surface area contributed by atoms with Crippen LogP contribution in [-0.4, -0.2) is 33.5 Å². The molecule has 0 amide bonds. The highest BCUT2D eigenvalue weighted by Crippen LogP contribution is 2.49. The summed E-state index contributed by atoms with van der Waals surface area (Å²) in [6.45, 7) is 1.89. The Labute approximate surface area is 166 Å². The van der Waals surface area contributed by atoms with Crippen LogP contribution in [0.3, 0.4) is 0 Å². The summed E-state index contributed by atoms with van der Waals surface area (Å²) in [5.74, 6) is 0.630. The van der Waals surface area contributed by atoms with E-state index in [1.807, 2.05) is 13.0 Å². The lowest BCUT2D eigenvalue weighted by Crippen LogP contribution is -2.51. The van der Waals surface area contributed by atoms with Gasteiger partial charge in [-0.25, -0.2) is 4.98 Å². The first-order valence-electron chi connectivity index (χ1n) is 7.98. The Bertz CT molecular complexity index is 1010. The lowest BCUT2D eigenvalue weighted by atomic mass is 10.2. The van der Waals surface area contributed by atoms with Crippen LogP contribution in [0.4, 0.5) is 13.2 Å². The molecule has 3 aromatic rings. The van der Waals surface area contributed by atoms with Crippen LogP contribution in [0.1, 0.15) is 11.3 Å². The first kappa shape index (κ1) is 19.0. The van der Waals surface area contributed by atoms with Crippen LogP contribution < -0.4 is 14.2 Å². The molecule has 1 atom stereocenters. The van der Waals surface area contributed by atoms with Gasteiger partial charge in [0.05, 0.1) is 23.8 Å². The molecule has 0 saturated heterocycles. The van der Waals surface area contributed by atoms with Crippen molar-refractivity contribution in [2.75, 3.05) is 7.11 Å². The number of hydrogen-bond acceptors (Lipinski definition) is 6. The van der Waals surface area contributed by atoms with Crippen molar-refractivity contribution in [2.24, 2.45) is 0 Å². The third-order valence-corrected chi connectivity index (χ3v) is 5.23. The molecule has 0 bridgehead atoms. The Balaban J connectivity index is 1.57. The topological polar surface area (TPSA) is 69.3 Å². The van der Waals surface area contributed by atoms with Gasteiger partial charge >= 0.3 is 11.4 Å². The van der Waals surface area contributed by atoms with E-state index in [1.165, 1.54) is 23.9 Å². The number of halogens is 4. The van der Waals surface area contributed by atoms with Crippen LogP contribution >= 0.6 is 23.4 Å². The van der Waals surface area contributed by atoms with Gasteiger partial charge in [-0.2, -0.15) is 13.2 Å². The van der Waals surface area contributed by atoms with E-state index >= 15 is 0 Å². The Morgan fingerprint density at radius 3 is 2.71 bits per heavy atom. The van der Waals surface area contributed by atoms with Crippen molar-refractivity contribution in [1.82, 2.24) is 15.0 Å². The van der Waals surface area contributed by atoms with Crippen LogP contribution in [0, 0.1) is 6.92 Å². The quantitative estimate of drug-likeness (QED) is 0.473. The molecule has 1 N–H and O–H groups in total. The van der Waals surface area contributed by atoms with Crippen molar-refractivity contribution >= 4 is 34.4 Å². The maximum atomic E-state index is 13.8. The highest BCUT2D eigenvalue weighted by atomic mass is 35.5. The Hall–Kier alpha value is -2.33. The predicted molar refractivity (Wildman–Crippen MR) is 97.1 cm³/mol. The molecule has 0 radical (unpaired) electrons. The molecular weight excluding hydrogens is 419 g/mol. The first-order chi connectivity index (χ1) is 13.2. The van der Waals surface area contributed by atoms with Gasteiger partial charge in [-0.1, -0.05) is 11.8 Å². The second-order valence-corrected chi connectivity index (χ2v) is 7.48. The Morgan fingerprint density at radius 1 is 1.21 bits per heavy atom. The molecule has 28 heavy (non-hydrogen) atoms. The average molecular weight is 432 g/mol. The van der Waals surface area contributed by atoms with Gasteiger partial charge in [0.15, 0.2) is 16.7 Å². The number of methoxy groups -OCH3 is 1. The van der Waals surface area contributed by atoms with Gasteiger partial charge in [-0.05, 0) is 18.5 Å². The Kier molecular flexibility index (Phi) is 4.50. The number of aromatic amines is 1. The zero-order valence-electron chi connectivity index (χ0n) is 14.6. The molecule has 0 fully saturated rings. The molecule has 6 nitrogen and oxygen atoms in total. The molecule has 0 aliphatic carbocycles. The number of aryl methyl sites for hydroxylation is 1. The van der Waals surface area contributed by atoms with Crippen LogP contribution in [-0.2, 0) is 5.75 Å². The van der Waals surface area contributed by atoms with E-state index in [4.69, 9.17) is 16.3 Å². The number of aromatic nitrogens is 3. The number of pyridine rings is 1. The fraction of sp³-hybridized carbons (Fsp3) is 0.294. The van der Waals surface area contributed by atoms with E-state index in [2.05, 4.69) is 24.4 Å². The van der Waals surface area contributed by atoms with Gasteiger partial charge in [-0.3, -0.25) is 4.98 Å². The maximum Gasteiger partial charge on any atom is 0.488 e. The molecule has 0 spiro atoms. The zero-order valence-corrected chi connectivity index (χ0v) is 16.1. The first-order valence-corrected chi connectivity index (χ1v) is 9.34. The summed E-state index contributed by atoms with van der Waals surface area (Å²) in [7, 11) is 1.58. The molecule has 4 rings (SSSR count). The number of nitrogens with one attached hydrogen (secondary N) is 1. The number of H-pyrrole nitrogens is 1. The fourth-order valence-corrected chi connectivity index (χ4v) is 3.51. The molecule has 1 aliphatic heterocycles. The third kappa shape index (κ3) is 3.30.